The number of benzene rings is 2. The topological polar surface area (TPSA) is 76.9 Å². The monoisotopic (exact) mass is 424 g/mol. The summed E-state index contributed by atoms with van der Waals surface area (Å²) in [6, 6.07) is 13.7. The van der Waals surface area contributed by atoms with E-state index in [2.05, 4.69) is 15.3 Å². The fourth-order valence-corrected chi connectivity index (χ4v) is 3.16. The van der Waals surface area contributed by atoms with Gasteiger partial charge in [0, 0.05) is 17.4 Å². The van der Waals surface area contributed by atoms with Gasteiger partial charge in [0.1, 0.15) is 5.82 Å². The number of aromatic nitrogens is 3. The van der Waals surface area contributed by atoms with E-state index in [4.69, 9.17) is 0 Å². The first-order valence-electron chi connectivity index (χ1n) is 9.17. The van der Waals surface area contributed by atoms with Crippen molar-refractivity contribution in [3.63, 3.8) is 0 Å². The summed E-state index contributed by atoms with van der Waals surface area (Å²) in [6.07, 6.45) is -2.92. The van der Waals surface area contributed by atoms with Crippen molar-refractivity contribution in [2.75, 3.05) is 5.32 Å². The average Bonchev–Trinajstić information content (AvgIpc) is 2.73. The van der Waals surface area contributed by atoms with E-state index in [9.17, 15) is 22.8 Å². The fourth-order valence-electron chi connectivity index (χ4n) is 3.16. The number of anilines is 1. The molecular formula is C22H15F3N4O2. The van der Waals surface area contributed by atoms with Gasteiger partial charge in [0.05, 0.1) is 16.6 Å². The lowest BCUT2D eigenvalue weighted by atomic mass is 10.1. The third-order valence-corrected chi connectivity index (χ3v) is 4.65. The molecule has 1 amide bonds. The van der Waals surface area contributed by atoms with Crippen LogP contribution in [0.4, 0.5) is 18.9 Å². The van der Waals surface area contributed by atoms with Gasteiger partial charge in [-0.05, 0) is 61.5 Å². The van der Waals surface area contributed by atoms with Crippen molar-refractivity contribution >= 4 is 22.6 Å². The van der Waals surface area contributed by atoms with E-state index >= 15 is 0 Å². The standard InChI is InChI=1S/C22H15F3N4O2/c1-13-27-19-18(6-3-11-26-19)21(31)29(13)17-5-2-4-16(12-17)28-20(30)14-7-9-15(10-8-14)22(23,24)25/h2-12H,1H3,(H,28,30). The quantitative estimate of drug-likeness (QED) is 0.530. The van der Waals surface area contributed by atoms with E-state index in [-0.39, 0.29) is 11.1 Å². The Morgan fingerprint density at radius 3 is 2.48 bits per heavy atom. The molecule has 0 unspecified atom stereocenters. The number of amides is 1. The Hall–Kier alpha value is -4.01. The normalized spacial score (nSPS) is 11.5. The molecule has 0 aliphatic rings. The molecule has 2 heterocycles. The molecule has 0 saturated heterocycles. The van der Waals surface area contributed by atoms with E-state index in [1.165, 1.54) is 4.57 Å². The van der Waals surface area contributed by atoms with Crippen LogP contribution in [-0.4, -0.2) is 20.4 Å². The molecule has 0 saturated carbocycles. The molecule has 2 aromatic carbocycles. The second-order valence-corrected chi connectivity index (χ2v) is 6.75. The van der Waals surface area contributed by atoms with Gasteiger partial charge in [-0.3, -0.25) is 14.2 Å². The number of rotatable bonds is 3. The zero-order valence-corrected chi connectivity index (χ0v) is 16.1. The van der Waals surface area contributed by atoms with Crippen LogP contribution >= 0.6 is 0 Å². The van der Waals surface area contributed by atoms with Crippen LogP contribution in [0.1, 0.15) is 21.7 Å². The summed E-state index contributed by atoms with van der Waals surface area (Å²) in [6.45, 7) is 1.67. The number of hydrogen-bond acceptors (Lipinski definition) is 4. The highest BCUT2D eigenvalue weighted by Crippen LogP contribution is 2.29. The average molecular weight is 424 g/mol. The van der Waals surface area contributed by atoms with Gasteiger partial charge < -0.3 is 5.32 Å². The van der Waals surface area contributed by atoms with E-state index in [0.717, 1.165) is 24.3 Å². The number of carbonyl (C=O) groups excluding carboxylic acids is 1. The number of nitrogens with zero attached hydrogens (tertiary/aromatic N) is 3. The summed E-state index contributed by atoms with van der Waals surface area (Å²) in [5.41, 5.74) is 0.130. The Morgan fingerprint density at radius 2 is 1.77 bits per heavy atom. The maximum Gasteiger partial charge on any atom is 0.416 e. The van der Waals surface area contributed by atoms with Crippen LogP contribution in [0.3, 0.4) is 0 Å². The molecule has 0 radical (unpaired) electrons. The van der Waals surface area contributed by atoms with Gasteiger partial charge in [-0.15, -0.1) is 0 Å². The molecule has 0 bridgehead atoms. The van der Waals surface area contributed by atoms with E-state index in [1.807, 2.05) is 0 Å². The number of carbonyl (C=O) groups is 1. The minimum atomic E-state index is -4.47. The van der Waals surface area contributed by atoms with Gasteiger partial charge in [-0.1, -0.05) is 6.07 Å². The smallest absolute Gasteiger partial charge is 0.322 e. The number of hydrogen-bond donors (Lipinski definition) is 1. The van der Waals surface area contributed by atoms with Crippen LogP contribution in [-0.2, 0) is 6.18 Å². The highest BCUT2D eigenvalue weighted by atomic mass is 19.4. The molecule has 6 nitrogen and oxygen atoms in total. The summed E-state index contributed by atoms with van der Waals surface area (Å²) < 4.78 is 39.5. The van der Waals surface area contributed by atoms with E-state index in [1.54, 1.807) is 49.5 Å². The van der Waals surface area contributed by atoms with E-state index in [0.29, 0.717) is 28.2 Å². The molecule has 0 aliphatic carbocycles. The molecule has 4 aromatic rings. The minimum Gasteiger partial charge on any atom is -0.322 e. The van der Waals surface area contributed by atoms with Gasteiger partial charge in [0.25, 0.3) is 11.5 Å². The Labute approximate surface area is 174 Å². The molecular weight excluding hydrogens is 409 g/mol. The number of fused-ring (bicyclic) bond motifs is 1. The maximum atomic E-state index is 12.9. The summed E-state index contributed by atoms with van der Waals surface area (Å²) >= 11 is 0. The van der Waals surface area contributed by atoms with Crippen LogP contribution in [0.5, 0.6) is 0 Å². The third-order valence-electron chi connectivity index (χ3n) is 4.65. The first-order valence-corrected chi connectivity index (χ1v) is 9.17. The van der Waals surface area contributed by atoms with E-state index < -0.39 is 17.6 Å². The molecule has 0 aliphatic heterocycles. The largest absolute Gasteiger partial charge is 0.416 e. The molecule has 9 heteroatoms. The molecule has 0 atom stereocenters. The Morgan fingerprint density at radius 1 is 1.03 bits per heavy atom. The van der Waals surface area contributed by atoms with Gasteiger partial charge in [0.2, 0.25) is 0 Å². The minimum absolute atomic E-state index is 0.0743. The van der Waals surface area contributed by atoms with Crippen LogP contribution in [0, 0.1) is 6.92 Å². The number of aryl methyl sites for hydroxylation is 1. The van der Waals surface area contributed by atoms with Crippen LogP contribution in [0.15, 0.2) is 71.7 Å². The number of nitrogens with one attached hydrogen (secondary N) is 1. The first kappa shape index (κ1) is 20.3. The molecule has 156 valence electrons. The van der Waals surface area contributed by atoms with Crippen molar-refractivity contribution in [1.29, 1.82) is 0 Å². The predicted octanol–water partition coefficient (Wildman–Crippen LogP) is 4.36. The van der Waals surface area contributed by atoms with Crippen molar-refractivity contribution in [2.24, 2.45) is 0 Å². The van der Waals surface area contributed by atoms with Crippen LogP contribution in [0.25, 0.3) is 16.7 Å². The Bertz CT molecular complexity index is 1350. The molecule has 1 N–H and O–H groups in total. The third kappa shape index (κ3) is 4.02. The maximum absolute atomic E-state index is 12.9. The zero-order valence-electron chi connectivity index (χ0n) is 16.1. The number of alkyl halides is 3. The van der Waals surface area contributed by atoms with Gasteiger partial charge in [0.15, 0.2) is 5.65 Å². The lowest BCUT2D eigenvalue weighted by Crippen LogP contribution is -2.22. The summed E-state index contributed by atoms with van der Waals surface area (Å²) in [4.78, 5) is 33.8. The lowest BCUT2D eigenvalue weighted by Gasteiger charge is -2.12. The highest BCUT2D eigenvalue weighted by molar-refractivity contribution is 6.04. The van der Waals surface area contributed by atoms with Crippen molar-refractivity contribution in [3.05, 3.63) is 94.2 Å². The predicted molar refractivity (Wildman–Crippen MR) is 109 cm³/mol. The van der Waals surface area contributed by atoms with Gasteiger partial charge >= 0.3 is 6.18 Å². The molecule has 2 aromatic heterocycles. The molecule has 0 fully saturated rings. The second-order valence-electron chi connectivity index (χ2n) is 6.75. The zero-order chi connectivity index (χ0) is 22.2. The highest BCUT2D eigenvalue weighted by Gasteiger charge is 2.30. The summed E-state index contributed by atoms with van der Waals surface area (Å²) in [7, 11) is 0. The second kappa shape index (κ2) is 7.67. The fraction of sp³-hybridized carbons (Fsp3) is 0.0909. The van der Waals surface area contributed by atoms with Crippen molar-refractivity contribution < 1.29 is 18.0 Å². The Kier molecular flexibility index (Phi) is 5.02. The molecule has 0 spiro atoms. The molecule has 4 rings (SSSR count). The lowest BCUT2D eigenvalue weighted by molar-refractivity contribution is -0.137. The van der Waals surface area contributed by atoms with Crippen molar-refractivity contribution in [3.8, 4) is 5.69 Å². The number of halogens is 3. The van der Waals surface area contributed by atoms with Crippen molar-refractivity contribution in [1.82, 2.24) is 14.5 Å². The van der Waals surface area contributed by atoms with Crippen molar-refractivity contribution in [2.45, 2.75) is 13.1 Å². The van der Waals surface area contributed by atoms with Crippen LogP contribution in [0.2, 0.25) is 0 Å². The number of pyridine rings is 1. The Balaban J connectivity index is 1.65. The van der Waals surface area contributed by atoms with Gasteiger partial charge in [-0.2, -0.15) is 13.2 Å². The molecule has 31 heavy (non-hydrogen) atoms. The SMILES string of the molecule is Cc1nc2ncccc2c(=O)n1-c1cccc(NC(=O)c2ccc(C(F)(F)F)cc2)c1. The summed E-state index contributed by atoms with van der Waals surface area (Å²) in [5, 5.41) is 2.99. The van der Waals surface area contributed by atoms with Gasteiger partial charge in [-0.25, -0.2) is 9.97 Å². The summed E-state index contributed by atoms with van der Waals surface area (Å²) in [5.74, 6) is -0.154. The first-order chi connectivity index (χ1) is 14.7. The van der Waals surface area contributed by atoms with Crippen LogP contribution < -0.4 is 10.9 Å².